The summed E-state index contributed by atoms with van der Waals surface area (Å²) in [5.74, 6) is -0.0970. The molecule has 2 aliphatic rings. The zero-order chi connectivity index (χ0) is 18.2. The van der Waals surface area contributed by atoms with E-state index in [2.05, 4.69) is 20.9 Å². The first-order valence-corrected chi connectivity index (χ1v) is 9.46. The summed E-state index contributed by atoms with van der Waals surface area (Å²) < 4.78 is 5.31. The Hall–Kier alpha value is -2.12. The molecule has 0 spiro atoms. The highest BCUT2D eigenvalue weighted by Crippen LogP contribution is 2.18. The first kappa shape index (κ1) is 18.7. The summed E-state index contributed by atoms with van der Waals surface area (Å²) in [5, 5.41) is 8.74. The molecule has 3 rings (SSSR count). The van der Waals surface area contributed by atoms with E-state index in [0.29, 0.717) is 17.8 Å². The number of amides is 3. The monoisotopic (exact) mass is 360 g/mol. The van der Waals surface area contributed by atoms with Crippen molar-refractivity contribution in [3.05, 3.63) is 29.8 Å². The molecule has 0 atom stereocenters. The number of nitrogens with one attached hydrogen (secondary N) is 3. The van der Waals surface area contributed by atoms with Crippen molar-refractivity contribution in [1.82, 2.24) is 15.5 Å². The van der Waals surface area contributed by atoms with E-state index in [1.54, 1.807) is 24.3 Å². The van der Waals surface area contributed by atoms with Gasteiger partial charge in [-0.05, 0) is 37.1 Å². The van der Waals surface area contributed by atoms with E-state index in [9.17, 15) is 9.59 Å². The quantitative estimate of drug-likeness (QED) is 0.723. The molecule has 7 nitrogen and oxygen atoms in total. The largest absolute Gasteiger partial charge is 0.379 e. The Kier molecular flexibility index (Phi) is 6.85. The summed E-state index contributed by atoms with van der Waals surface area (Å²) in [4.78, 5) is 26.4. The summed E-state index contributed by atoms with van der Waals surface area (Å²) in [6.45, 7) is 4.80. The second-order valence-corrected chi connectivity index (χ2v) is 6.87. The highest BCUT2D eigenvalue weighted by atomic mass is 16.5. The first-order chi connectivity index (χ1) is 12.7. The molecule has 1 aliphatic heterocycles. The third kappa shape index (κ3) is 5.71. The number of morpholine rings is 1. The van der Waals surface area contributed by atoms with Gasteiger partial charge in [0.15, 0.2) is 0 Å². The predicted molar refractivity (Wildman–Crippen MR) is 100 cm³/mol. The summed E-state index contributed by atoms with van der Waals surface area (Å²) in [6, 6.07) is 7.08. The zero-order valence-electron chi connectivity index (χ0n) is 15.1. The molecule has 2 fully saturated rings. The molecular weight excluding hydrogens is 332 g/mol. The molecule has 1 aromatic rings. The number of carbonyl (C=O) groups is 2. The van der Waals surface area contributed by atoms with Crippen molar-refractivity contribution in [2.24, 2.45) is 0 Å². The molecule has 0 aromatic heterocycles. The predicted octanol–water partition coefficient (Wildman–Crippen LogP) is 1.81. The second-order valence-electron chi connectivity index (χ2n) is 6.87. The number of hydrogen-bond donors (Lipinski definition) is 3. The van der Waals surface area contributed by atoms with Gasteiger partial charge in [0.1, 0.15) is 0 Å². The fourth-order valence-corrected chi connectivity index (χ4v) is 3.38. The van der Waals surface area contributed by atoms with Crippen LogP contribution in [0.2, 0.25) is 0 Å². The third-order valence-corrected chi connectivity index (χ3v) is 4.91. The van der Waals surface area contributed by atoms with E-state index in [1.165, 1.54) is 12.8 Å². The van der Waals surface area contributed by atoms with Crippen LogP contribution in [0.25, 0.3) is 0 Å². The molecule has 3 amide bonds. The molecule has 0 radical (unpaired) electrons. The molecule has 7 heteroatoms. The molecular formula is C19H28N4O3. The van der Waals surface area contributed by atoms with Gasteiger partial charge in [-0.2, -0.15) is 0 Å². The molecule has 26 heavy (non-hydrogen) atoms. The molecule has 3 N–H and O–H groups in total. The van der Waals surface area contributed by atoms with Gasteiger partial charge < -0.3 is 20.7 Å². The number of rotatable bonds is 6. The molecule has 1 aromatic carbocycles. The molecule has 1 saturated heterocycles. The number of benzene rings is 1. The average molecular weight is 360 g/mol. The van der Waals surface area contributed by atoms with Gasteiger partial charge in [-0.1, -0.05) is 12.8 Å². The van der Waals surface area contributed by atoms with Crippen molar-refractivity contribution < 1.29 is 14.3 Å². The highest BCUT2D eigenvalue weighted by Gasteiger charge is 2.17. The van der Waals surface area contributed by atoms with Crippen LogP contribution in [0, 0.1) is 0 Å². The molecule has 1 aliphatic carbocycles. The Morgan fingerprint density at radius 3 is 2.46 bits per heavy atom. The van der Waals surface area contributed by atoms with Crippen LogP contribution < -0.4 is 16.0 Å². The lowest BCUT2D eigenvalue weighted by Gasteiger charge is -2.26. The number of hydrogen-bond acceptors (Lipinski definition) is 4. The zero-order valence-corrected chi connectivity index (χ0v) is 15.1. The van der Waals surface area contributed by atoms with E-state index in [-0.39, 0.29) is 18.0 Å². The van der Waals surface area contributed by atoms with Gasteiger partial charge in [-0.3, -0.25) is 9.69 Å². The van der Waals surface area contributed by atoms with Crippen LogP contribution in [0.3, 0.4) is 0 Å². The Labute approximate surface area is 154 Å². The van der Waals surface area contributed by atoms with Crippen LogP contribution in [0.4, 0.5) is 10.5 Å². The topological polar surface area (TPSA) is 82.7 Å². The summed E-state index contributed by atoms with van der Waals surface area (Å²) in [7, 11) is 0. The number of anilines is 1. The van der Waals surface area contributed by atoms with E-state index >= 15 is 0 Å². The van der Waals surface area contributed by atoms with Crippen LogP contribution in [0.15, 0.2) is 24.3 Å². The van der Waals surface area contributed by atoms with Crippen molar-refractivity contribution >= 4 is 17.6 Å². The van der Waals surface area contributed by atoms with Crippen molar-refractivity contribution in [3.8, 4) is 0 Å². The van der Waals surface area contributed by atoms with Gasteiger partial charge >= 0.3 is 6.03 Å². The lowest BCUT2D eigenvalue weighted by Crippen LogP contribution is -2.41. The van der Waals surface area contributed by atoms with Gasteiger partial charge in [-0.15, -0.1) is 0 Å². The third-order valence-electron chi connectivity index (χ3n) is 4.91. The number of urea groups is 1. The standard InChI is InChI=1S/C19H28N4O3/c24-18(20-9-10-23-11-13-26-14-12-23)15-5-7-17(8-6-15)22-19(25)21-16-3-1-2-4-16/h5-8,16H,1-4,9-14H2,(H,20,24)(H2,21,22,25). The van der Waals surface area contributed by atoms with Gasteiger partial charge in [0.25, 0.3) is 5.91 Å². The number of ether oxygens (including phenoxy) is 1. The minimum atomic E-state index is -0.181. The Morgan fingerprint density at radius 1 is 1.08 bits per heavy atom. The smallest absolute Gasteiger partial charge is 0.319 e. The maximum Gasteiger partial charge on any atom is 0.319 e. The summed E-state index contributed by atoms with van der Waals surface area (Å²) in [5.41, 5.74) is 1.28. The van der Waals surface area contributed by atoms with E-state index in [0.717, 1.165) is 45.7 Å². The molecule has 1 heterocycles. The number of carbonyl (C=O) groups excluding carboxylic acids is 2. The Morgan fingerprint density at radius 2 is 1.77 bits per heavy atom. The maximum absolute atomic E-state index is 12.2. The lowest BCUT2D eigenvalue weighted by atomic mass is 10.2. The molecule has 142 valence electrons. The average Bonchev–Trinajstić information content (AvgIpc) is 3.16. The van der Waals surface area contributed by atoms with Gasteiger partial charge in [-0.25, -0.2) is 4.79 Å². The Bertz CT molecular complexity index is 593. The van der Waals surface area contributed by atoms with Crippen LogP contribution in [-0.4, -0.2) is 62.3 Å². The summed E-state index contributed by atoms with van der Waals surface area (Å²) in [6.07, 6.45) is 4.47. The lowest BCUT2D eigenvalue weighted by molar-refractivity contribution is 0.0383. The van der Waals surface area contributed by atoms with Crippen molar-refractivity contribution in [2.45, 2.75) is 31.7 Å². The second kappa shape index (κ2) is 9.54. The van der Waals surface area contributed by atoms with Crippen molar-refractivity contribution in [1.29, 1.82) is 0 Å². The SMILES string of the molecule is O=C(Nc1ccc(C(=O)NCCN2CCOCC2)cc1)NC1CCCC1. The van der Waals surface area contributed by atoms with Gasteiger partial charge in [0.05, 0.1) is 13.2 Å². The van der Waals surface area contributed by atoms with Crippen LogP contribution in [-0.2, 0) is 4.74 Å². The van der Waals surface area contributed by atoms with Crippen LogP contribution in [0.5, 0.6) is 0 Å². The van der Waals surface area contributed by atoms with Crippen LogP contribution >= 0.6 is 0 Å². The molecule has 0 bridgehead atoms. The molecule has 1 saturated carbocycles. The fraction of sp³-hybridized carbons (Fsp3) is 0.579. The maximum atomic E-state index is 12.2. The molecule has 0 unspecified atom stereocenters. The van der Waals surface area contributed by atoms with Gasteiger partial charge in [0.2, 0.25) is 0 Å². The summed E-state index contributed by atoms with van der Waals surface area (Å²) >= 11 is 0. The normalized spacial score (nSPS) is 18.5. The van der Waals surface area contributed by atoms with E-state index in [4.69, 9.17) is 4.74 Å². The van der Waals surface area contributed by atoms with Crippen LogP contribution in [0.1, 0.15) is 36.0 Å². The highest BCUT2D eigenvalue weighted by molar-refractivity contribution is 5.95. The van der Waals surface area contributed by atoms with E-state index in [1.807, 2.05) is 0 Å². The fourth-order valence-electron chi connectivity index (χ4n) is 3.38. The minimum absolute atomic E-state index is 0.0970. The van der Waals surface area contributed by atoms with Gasteiger partial charge in [0, 0.05) is 43.5 Å². The van der Waals surface area contributed by atoms with Crippen molar-refractivity contribution in [2.75, 3.05) is 44.7 Å². The Balaban J connectivity index is 1.39. The first-order valence-electron chi connectivity index (χ1n) is 9.46. The number of nitrogens with zero attached hydrogens (tertiary/aromatic N) is 1. The van der Waals surface area contributed by atoms with Crippen molar-refractivity contribution in [3.63, 3.8) is 0 Å². The minimum Gasteiger partial charge on any atom is -0.379 e. The van der Waals surface area contributed by atoms with E-state index < -0.39 is 0 Å².